The molecule has 3 aliphatic rings. The van der Waals surface area contributed by atoms with Crippen LogP contribution in [0.15, 0.2) is 36.4 Å². The van der Waals surface area contributed by atoms with Crippen LogP contribution in [0.25, 0.3) is 0 Å². The van der Waals surface area contributed by atoms with E-state index in [2.05, 4.69) is 47.8 Å². The summed E-state index contributed by atoms with van der Waals surface area (Å²) in [6.07, 6.45) is 10.4. The fourth-order valence-electron chi connectivity index (χ4n) is 7.30. The number of Topliss-reactive ketones (excluding diaryl/α,β-unsaturated/α-hetero) is 3. The molecule has 3 saturated carbocycles. The third-order valence-electron chi connectivity index (χ3n) is 11.3. The fourth-order valence-corrected chi connectivity index (χ4v) is 8.10. The van der Waals surface area contributed by atoms with Crippen LogP contribution in [0.3, 0.4) is 0 Å². The van der Waals surface area contributed by atoms with Crippen LogP contribution in [0.4, 0.5) is 0 Å². The van der Waals surface area contributed by atoms with Crippen LogP contribution in [0.1, 0.15) is 178 Å². The van der Waals surface area contributed by atoms with Gasteiger partial charge in [-0.05, 0) is 136 Å². The molecular formula is C46H53Br4Cl3O9. The lowest BCUT2D eigenvalue weighted by Crippen LogP contribution is -2.19. The molecular weight excluding hydrogens is 1120 g/mol. The molecule has 3 fully saturated rings. The summed E-state index contributed by atoms with van der Waals surface area (Å²) in [7, 11) is 4.06. The van der Waals surface area contributed by atoms with E-state index in [1.165, 1.54) is 40.6 Å². The average molecular weight is 1180 g/mol. The molecule has 0 spiro atoms. The molecule has 0 heterocycles. The number of hydrogen-bond acceptors (Lipinski definition) is 9. The summed E-state index contributed by atoms with van der Waals surface area (Å²) in [5.74, 6) is 0.177. The highest BCUT2D eigenvalue weighted by Gasteiger charge is 2.30. The van der Waals surface area contributed by atoms with Crippen molar-refractivity contribution in [3.8, 4) is 0 Å². The molecule has 3 aromatic rings. The zero-order valence-electron chi connectivity index (χ0n) is 35.8. The normalized spacial score (nSPS) is 14.4. The predicted molar refractivity (Wildman–Crippen MR) is 263 cm³/mol. The SMILES string of the molecule is Br.COC(=O)c1cc(C(=O)C(Br)Br)c(C2CCC2)cc1C.COC(=O)c1cc(C(=O)CBr)c(C2CCC2)cc1C.COC(=O)c1cc(C(C)=O)c(C2CCC2)cc1C.ClC(Cl)Cl. The van der Waals surface area contributed by atoms with Crippen LogP contribution < -0.4 is 0 Å². The predicted octanol–water partition coefficient (Wildman–Crippen LogP) is 13.8. The molecule has 0 N–H and O–H groups in total. The lowest BCUT2D eigenvalue weighted by molar-refractivity contribution is 0.0590. The van der Waals surface area contributed by atoms with Crippen molar-refractivity contribution in [2.45, 2.75) is 111 Å². The van der Waals surface area contributed by atoms with Crippen molar-refractivity contribution in [1.82, 2.24) is 0 Å². The van der Waals surface area contributed by atoms with Gasteiger partial charge in [-0.2, -0.15) is 0 Å². The van der Waals surface area contributed by atoms with Crippen molar-refractivity contribution >= 4 is 135 Å². The molecule has 0 atom stereocenters. The molecule has 6 rings (SSSR count). The number of halogens is 7. The van der Waals surface area contributed by atoms with Crippen LogP contribution in [0.5, 0.6) is 0 Å². The van der Waals surface area contributed by atoms with Crippen LogP contribution in [-0.4, -0.2) is 69.9 Å². The first-order valence-electron chi connectivity index (χ1n) is 19.8. The summed E-state index contributed by atoms with van der Waals surface area (Å²) in [6, 6.07) is 11.0. The Bertz CT molecular complexity index is 2090. The van der Waals surface area contributed by atoms with Crippen LogP contribution >= 0.6 is 99.6 Å². The summed E-state index contributed by atoms with van der Waals surface area (Å²) < 4.78 is 13.1. The Kier molecular flexibility index (Phi) is 24.1. The number of methoxy groups -OCH3 is 3. The molecule has 0 aliphatic heterocycles. The second-order valence-electron chi connectivity index (χ2n) is 15.1. The van der Waals surface area contributed by atoms with E-state index in [1.807, 2.05) is 39.0 Å². The standard InChI is InChI=1S/C15H16Br2O3.C15H17BrO3.C15H18O3.CHCl3.BrH/c1-8-6-11(9-4-3-5-9)12(13(18)14(16)17)7-10(8)15(19)20-2;1-9-6-12(10-4-3-5-10)13(14(17)8-16)7-11(9)15(18)19-2;1-9-7-14(11-5-4-6-11)13(10(2)16)8-12(9)15(17)18-3;2-1(3)4;/h6-7,9,14H,3-5H2,1-2H3;6-7,10H,3-5,8H2,1-2H3;7-8,11H,4-6H2,1-3H3;1H;1H. The molecule has 0 aromatic heterocycles. The maximum absolute atomic E-state index is 12.3. The van der Waals surface area contributed by atoms with Crippen molar-refractivity contribution in [2.24, 2.45) is 0 Å². The Morgan fingerprint density at radius 2 is 0.855 bits per heavy atom. The lowest BCUT2D eigenvalue weighted by Gasteiger charge is -2.28. The van der Waals surface area contributed by atoms with Gasteiger partial charge >= 0.3 is 17.9 Å². The third-order valence-corrected chi connectivity index (χ3v) is 12.6. The van der Waals surface area contributed by atoms with Gasteiger partial charge in [0.05, 0.1) is 43.3 Å². The molecule has 9 nitrogen and oxygen atoms in total. The van der Waals surface area contributed by atoms with Crippen molar-refractivity contribution in [2.75, 3.05) is 26.7 Å². The fraction of sp³-hybridized carbons (Fsp3) is 0.478. The summed E-state index contributed by atoms with van der Waals surface area (Å²) in [5, 5.41) is 0.274. The number of aryl methyl sites for hydroxylation is 3. The Labute approximate surface area is 415 Å². The van der Waals surface area contributed by atoms with Crippen molar-refractivity contribution in [3.63, 3.8) is 0 Å². The molecule has 0 radical (unpaired) electrons. The van der Waals surface area contributed by atoms with Gasteiger partial charge in [0.25, 0.3) is 0 Å². The number of hydrogen-bond donors (Lipinski definition) is 0. The van der Waals surface area contributed by atoms with E-state index >= 15 is 0 Å². The topological polar surface area (TPSA) is 130 Å². The second kappa shape index (κ2) is 26.7. The van der Waals surface area contributed by atoms with Crippen molar-refractivity contribution < 1.29 is 43.0 Å². The first-order valence-corrected chi connectivity index (χ1v) is 24.1. The van der Waals surface area contributed by atoms with Gasteiger partial charge in [-0.1, -0.05) is 120 Å². The first-order chi connectivity index (χ1) is 28.8. The zero-order chi connectivity index (χ0) is 45.7. The summed E-state index contributed by atoms with van der Waals surface area (Å²) in [4.78, 5) is 71.3. The maximum atomic E-state index is 12.3. The van der Waals surface area contributed by atoms with E-state index < -0.39 is 14.0 Å². The maximum Gasteiger partial charge on any atom is 0.338 e. The number of alkyl halides is 6. The number of benzene rings is 3. The summed E-state index contributed by atoms with van der Waals surface area (Å²) in [6.45, 7) is 7.20. The number of carbonyl (C=O) groups is 6. The van der Waals surface area contributed by atoms with Gasteiger partial charge < -0.3 is 14.2 Å². The Balaban J connectivity index is 0.000000304. The number of ketones is 3. The highest BCUT2D eigenvalue weighted by molar-refractivity contribution is 9.25. The third kappa shape index (κ3) is 15.0. The van der Waals surface area contributed by atoms with E-state index in [-0.39, 0.29) is 51.6 Å². The highest BCUT2D eigenvalue weighted by Crippen LogP contribution is 2.42. The summed E-state index contributed by atoms with van der Waals surface area (Å²) in [5.41, 5.74) is 9.22. The van der Waals surface area contributed by atoms with E-state index in [1.54, 1.807) is 25.1 Å². The summed E-state index contributed by atoms with van der Waals surface area (Å²) >= 11 is 24.1. The van der Waals surface area contributed by atoms with Gasteiger partial charge in [0.1, 0.15) is 3.74 Å². The molecule has 62 heavy (non-hydrogen) atoms. The number of ether oxygens (including phenoxy) is 3. The van der Waals surface area contributed by atoms with Crippen LogP contribution in [0.2, 0.25) is 0 Å². The Hall–Kier alpha value is -2.13. The Morgan fingerprint density at radius 3 is 1.11 bits per heavy atom. The molecule has 0 amide bonds. The van der Waals surface area contributed by atoms with Gasteiger partial charge in [0, 0.05) is 16.7 Å². The van der Waals surface area contributed by atoms with Crippen molar-refractivity contribution in [3.05, 3.63) is 103 Å². The van der Waals surface area contributed by atoms with E-state index in [0.29, 0.717) is 51.1 Å². The minimum absolute atomic E-state index is 0. The molecule has 340 valence electrons. The van der Waals surface area contributed by atoms with Crippen molar-refractivity contribution in [1.29, 1.82) is 0 Å². The smallest absolute Gasteiger partial charge is 0.338 e. The lowest BCUT2D eigenvalue weighted by atomic mass is 9.76. The van der Waals surface area contributed by atoms with E-state index in [0.717, 1.165) is 71.9 Å². The molecule has 0 unspecified atom stereocenters. The monoisotopic (exact) mass is 1170 g/mol. The highest BCUT2D eigenvalue weighted by atomic mass is 79.9. The largest absolute Gasteiger partial charge is 0.465 e. The zero-order valence-corrected chi connectivity index (χ0v) is 44.5. The number of rotatable bonds is 11. The van der Waals surface area contributed by atoms with E-state index in [4.69, 9.17) is 49.0 Å². The van der Waals surface area contributed by atoms with Gasteiger partial charge in [-0.3, -0.25) is 14.4 Å². The molecule has 0 bridgehead atoms. The van der Waals surface area contributed by atoms with Gasteiger partial charge in [-0.15, -0.1) is 17.0 Å². The van der Waals surface area contributed by atoms with E-state index in [9.17, 15) is 28.8 Å². The second-order valence-corrected chi connectivity index (χ2v) is 20.7. The van der Waals surface area contributed by atoms with Gasteiger partial charge in [-0.25, -0.2) is 14.4 Å². The van der Waals surface area contributed by atoms with Gasteiger partial charge in [0.2, 0.25) is 0 Å². The average Bonchev–Trinajstić information content (AvgIpc) is 3.14. The quantitative estimate of drug-likeness (QED) is 0.0797. The molecule has 3 aromatic carbocycles. The van der Waals surface area contributed by atoms with Crippen LogP contribution in [0, 0.1) is 20.8 Å². The molecule has 16 heteroatoms. The minimum atomic E-state index is -0.750. The first kappa shape index (κ1) is 56.0. The van der Waals surface area contributed by atoms with Gasteiger partial charge in [0.15, 0.2) is 21.6 Å². The minimum Gasteiger partial charge on any atom is -0.465 e. The number of carbonyl (C=O) groups excluding carboxylic acids is 6. The molecule has 3 aliphatic carbocycles. The Morgan fingerprint density at radius 1 is 0.565 bits per heavy atom. The number of esters is 3. The molecule has 0 saturated heterocycles. The van der Waals surface area contributed by atoms with Crippen LogP contribution in [-0.2, 0) is 14.2 Å².